The van der Waals surface area contributed by atoms with Gasteiger partial charge in [-0.25, -0.2) is 0 Å². The number of nitrogens with one attached hydrogen (secondary N) is 1. The van der Waals surface area contributed by atoms with Crippen LogP contribution in [0.15, 0.2) is 36.8 Å². The van der Waals surface area contributed by atoms with Crippen LogP contribution in [0.5, 0.6) is 0 Å². The first-order valence-corrected chi connectivity index (χ1v) is 3.74. The SMILES string of the molecule is C=C1NCC(=C)N(CC)C1=C. The number of hydrogen-bond acceptors (Lipinski definition) is 2. The molecule has 0 atom stereocenters. The quantitative estimate of drug-likeness (QED) is 0.608. The van der Waals surface area contributed by atoms with Crippen molar-refractivity contribution in [2.75, 3.05) is 13.1 Å². The van der Waals surface area contributed by atoms with Gasteiger partial charge in [0.1, 0.15) is 0 Å². The van der Waals surface area contributed by atoms with Gasteiger partial charge in [0.25, 0.3) is 0 Å². The molecule has 0 spiro atoms. The molecule has 1 fully saturated rings. The van der Waals surface area contributed by atoms with Crippen LogP contribution in [0, 0.1) is 0 Å². The van der Waals surface area contributed by atoms with E-state index in [1.54, 1.807) is 0 Å². The molecule has 0 aliphatic carbocycles. The Labute approximate surface area is 67.9 Å². The Balaban J connectivity index is 2.79. The van der Waals surface area contributed by atoms with E-state index in [-0.39, 0.29) is 0 Å². The normalized spacial score (nSPS) is 18.6. The Bertz CT molecular complexity index is 216. The highest BCUT2D eigenvalue weighted by Gasteiger charge is 2.16. The fraction of sp³-hybridized carbons (Fsp3) is 0.333. The van der Waals surface area contributed by atoms with Crippen LogP contribution >= 0.6 is 0 Å². The second-order valence-electron chi connectivity index (χ2n) is 2.59. The predicted molar refractivity (Wildman–Crippen MR) is 47.8 cm³/mol. The van der Waals surface area contributed by atoms with Crippen LogP contribution in [0.4, 0.5) is 0 Å². The zero-order chi connectivity index (χ0) is 8.43. The lowest BCUT2D eigenvalue weighted by atomic mass is 10.2. The van der Waals surface area contributed by atoms with Gasteiger partial charge in [0.05, 0.1) is 17.9 Å². The summed E-state index contributed by atoms with van der Waals surface area (Å²) in [5, 5.41) is 3.11. The summed E-state index contributed by atoms with van der Waals surface area (Å²) in [4.78, 5) is 2.07. The second-order valence-corrected chi connectivity index (χ2v) is 2.59. The summed E-state index contributed by atoms with van der Waals surface area (Å²) in [6, 6.07) is 0. The third-order valence-electron chi connectivity index (χ3n) is 1.88. The molecule has 1 aliphatic rings. The third-order valence-corrected chi connectivity index (χ3v) is 1.88. The molecule has 0 amide bonds. The lowest BCUT2D eigenvalue weighted by Crippen LogP contribution is -2.36. The number of hydrogen-bond donors (Lipinski definition) is 1. The summed E-state index contributed by atoms with van der Waals surface area (Å²) in [6.45, 7) is 15.4. The highest BCUT2D eigenvalue weighted by atomic mass is 15.2. The van der Waals surface area contributed by atoms with Crippen molar-refractivity contribution in [2.45, 2.75) is 6.92 Å². The second kappa shape index (κ2) is 2.82. The lowest BCUT2D eigenvalue weighted by Gasteiger charge is -2.33. The molecule has 0 aromatic heterocycles. The van der Waals surface area contributed by atoms with Gasteiger partial charge in [0, 0.05) is 12.2 Å². The fourth-order valence-corrected chi connectivity index (χ4v) is 1.17. The van der Waals surface area contributed by atoms with Crippen molar-refractivity contribution in [3.8, 4) is 0 Å². The van der Waals surface area contributed by atoms with Crippen molar-refractivity contribution in [1.29, 1.82) is 0 Å². The first kappa shape index (κ1) is 7.92. The third kappa shape index (κ3) is 1.29. The average Bonchev–Trinajstić information content (AvgIpc) is 1.99. The van der Waals surface area contributed by atoms with E-state index in [0.29, 0.717) is 0 Å². The van der Waals surface area contributed by atoms with Gasteiger partial charge in [-0.2, -0.15) is 0 Å². The molecule has 0 radical (unpaired) electrons. The topological polar surface area (TPSA) is 15.3 Å². The van der Waals surface area contributed by atoms with Gasteiger partial charge < -0.3 is 10.2 Å². The maximum absolute atomic E-state index is 3.91. The van der Waals surface area contributed by atoms with Crippen LogP contribution < -0.4 is 5.32 Å². The Hall–Kier alpha value is -1.18. The number of likely N-dealkylation sites (N-methyl/N-ethyl adjacent to an activating group) is 1. The summed E-state index contributed by atoms with van der Waals surface area (Å²) in [6.07, 6.45) is 0. The molecule has 0 aromatic carbocycles. The molecule has 1 aliphatic heterocycles. The van der Waals surface area contributed by atoms with Crippen LogP contribution in [0.2, 0.25) is 0 Å². The monoisotopic (exact) mass is 150 g/mol. The van der Waals surface area contributed by atoms with Crippen LogP contribution in [0.1, 0.15) is 6.92 Å². The van der Waals surface area contributed by atoms with Crippen molar-refractivity contribution < 1.29 is 0 Å². The maximum Gasteiger partial charge on any atom is 0.0565 e. The minimum absolute atomic E-state index is 0.783. The highest BCUT2D eigenvalue weighted by molar-refractivity contribution is 5.30. The van der Waals surface area contributed by atoms with Crippen molar-refractivity contribution in [3.63, 3.8) is 0 Å². The van der Waals surface area contributed by atoms with Gasteiger partial charge >= 0.3 is 0 Å². The molecule has 0 bridgehead atoms. The summed E-state index contributed by atoms with van der Waals surface area (Å²) < 4.78 is 0. The van der Waals surface area contributed by atoms with Crippen LogP contribution in [0.25, 0.3) is 0 Å². The van der Waals surface area contributed by atoms with E-state index in [2.05, 4.69) is 36.9 Å². The van der Waals surface area contributed by atoms with E-state index in [9.17, 15) is 0 Å². The molecule has 2 nitrogen and oxygen atoms in total. The molecular formula is C9H14N2. The van der Waals surface area contributed by atoms with Gasteiger partial charge in [-0.1, -0.05) is 19.7 Å². The zero-order valence-electron chi connectivity index (χ0n) is 6.98. The molecule has 1 rings (SSSR count). The van der Waals surface area contributed by atoms with Crippen molar-refractivity contribution in [1.82, 2.24) is 10.2 Å². The molecule has 1 heterocycles. The van der Waals surface area contributed by atoms with Crippen LogP contribution in [-0.2, 0) is 0 Å². The van der Waals surface area contributed by atoms with Gasteiger partial charge in [-0.15, -0.1) is 0 Å². The Morgan fingerprint density at radius 3 is 2.55 bits per heavy atom. The summed E-state index contributed by atoms with van der Waals surface area (Å²) in [7, 11) is 0. The average molecular weight is 150 g/mol. The molecule has 0 unspecified atom stereocenters. The minimum atomic E-state index is 0.783. The molecular weight excluding hydrogens is 136 g/mol. The van der Waals surface area contributed by atoms with Crippen molar-refractivity contribution in [3.05, 3.63) is 36.8 Å². The largest absolute Gasteiger partial charge is 0.378 e. The van der Waals surface area contributed by atoms with Crippen molar-refractivity contribution in [2.24, 2.45) is 0 Å². The van der Waals surface area contributed by atoms with Crippen LogP contribution in [0.3, 0.4) is 0 Å². The number of piperazine rings is 1. The Morgan fingerprint density at radius 1 is 1.45 bits per heavy atom. The summed E-state index contributed by atoms with van der Waals surface area (Å²) >= 11 is 0. The van der Waals surface area contributed by atoms with E-state index in [4.69, 9.17) is 0 Å². The van der Waals surface area contributed by atoms with E-state index in [1.807, 2.05) is 0 Å². The van der Waals surface area contributed by atoms with Gasteiger partial charge in [-0.05, 0) is 6.92 Å². The summed E-state index contributed by atoms with van der Waals surface area (Å²) in [5.41, 5.74) is 2.90. The van der Waals surface area contributed by atoms with Crippen molar-refractivity contribution >= 4 is 0 Å². The zero-order valence-corrected chi connectivity index (χ0v) is 6.98. The Kier molecular flexibility index (Phi) is 2.03. The smallest absolute Gasteiger partial charge is 0.0565 e. The number of rotatable bonds is 1. The minimum Gasteiger partial charge on any atom is -0.378 e. The number of nitrogens with zero attached hydrogens (tertiary/aromatic N) is 1. The summed E-state index contributed by atoms with van der Waals surface area (Å²) in [5.74, 6) is 0. The molecule has 0 aromatic rings. The van der Waals surface area contributed by atoms with E-state index in [0.717, 1.165) is 30.2 Å². The van der Waals surface area contributed by atoms with Gasteiger partial charge in [-0.3, -0.25) is 0 Å². The molecule has 0 saturated carbocycles. The Morgan fingerprint density at radius 2 is 2.09 bits per heavy atom. The molecule has 2 heteroatoms. The van der Waals surface area contributed by atoms with Gasteiger partial charge in [0.2, 0.25) is 0 Å². The van der Waals surface area contributed by atoms with E-state index >= 15 is 0 Å². The molecule has 60 valence electrons. The van der Waals surface area contributed by atoms with Gasteiger partial charge in [0.15, 0.2) is 0 Å². The highest BCUT2D eigenvalue weighted by Crippen LogP contribution is 2.18. The predicted octanol–water partition coefficient (Wildman–Crippen LogP) is 1.45. The first-order valence-electron chi connectivity index (χ1n) is 3.74. The fourth-order valence-electron chi connectivity index (χ4n) is 1.17. The molecule has 11 heavy (non-hydrogen) atoms. The van der Waals surface area contributed by atoms with E-state index < -0.39 is 0 Å². The standard InChI is InChI=1S/C9H14N2/c1-5-11-7(2)6-10-8(3)9(11)4/h10H,2-6H2,1H3. The lowest BCUT2D eigenvalue weighted by molar-refractivity contribution is 0.415. The molecule has 1 saturated heterocycles. The first-order chi connectivity index (χ1) is 5.16. The van der Waals surface area contributed by atoms with E-state index in [1.165, 1.54) is 0 Å². The van der Waals surface area contributed by atoms with Crippen LogP contribution in [-0.4, -0.2) is 18.0 Å². The maximum atomic E-state index is 3.91. The molecule has 1 N–H and O–H groups in total.